The highest BCUT2D eigenvalue weighted by atomic mass is 16.5. The number of rotatable bonds is 7. The number of benzene rings is 1. The largest absolute Gasteiger partial charge is 0.399 e. The number of carbonyl (C=O) groups is 1. The monoisotopic (exact) mass is 265 g/mol. The third-order valence-corrected chi connectivity index (χ3v) is 3.09. The molecule has 0 aliphatic heterocycles. The number of nitrogen functional groups attached to an aromatic ring is 1. The first-order valence-electron chi connectivity index (χ1n) is 6.47. The molecule has 1 atom stereocenters. The molecule has 1 unspecified atom stereocenters. The van der Waals surface area contributed by atoms with E-state index < -0.39 is 0 Å². The van der Waals surface area contributed by atoms with Crippen molar-refractivity contribution in [1.82, 2.24) is 4.90 Å². The lowest BCUT2D eigenvalue weighted by molar-refractivity contribution is -0.120. The number of carbonyl (C=O) groups excluding carboxylic acids is 1. The Balaban J connectivity index is 2.57. The highest BCUT2D eigenvalue weighted by Gasteiger charge is 2.19. The molecule has 0 fully saturated rings. The van der Waals surface area contributed by atoms with Crippen molar-refractivity contribution in [3.05, 3.63) is 24.3 Å². The standard InChI is InChI=1S/C14H23N3O2/c1-4-17(9-10-19-3)11(2)14(18)16-13-7-5-12(15)6-8-13/h5-8,11H,4,9-10,15H2,1-3H3,(H,16,18). The van der Waals surface area contributed by atoms with Crippen LogP contribution in [-0.4, -0.2) is 43.7 Å². The van der Waals surface area contributed by atoms with Gasteiger partial charge in [0.25, 0.3) is 0 Å². The lowest BCUT2D eigenvalue weighted by Crippen LogP contribution is -2.43. The molecule has 19 heavy (non-hydrogen) atoms. The van der Waals surface area contributed by atoms with E-state index in [1.54, 1.807) is 31.4 Å². The van der Waals surface area contributed by atoms with Crippen LogP contribution in [0, 0.1) is 0 Å². The molecule has 5 nitrogen and oxygen atoms in total. The summed E-state index contributed by atoms with van der Waals surface area (Å²) in [6, 6.07) is 6.93. The Labute approximate surface area is 114 Å². The van der Waals surface area contributed by atoms with Crippen LogP contribution in [0.4, 0.5) is 11.4 Å². The fourth-order valence-electron chi connectivity index (χ4n) is 1.81. The van der Waals surface area contributed by atoms with E-state index in [0.717, 1.165) is 18.8 Å². The van der Waals surface area contributed by atoms with Crippen molar-refractivity contribution in [2.75, 3.05) is 37.9 Å². The molecule has 0 bridgehead atoms. The normalized spacial score (nSPS) is 12.4. The molecule has 0 heterocycles. The highest BCUT2D eigenvalue weighted by molar-refractivity contribution is 5.94. The molecule has 106 valence electrons. The maximum atomic E-state index is 12.1. The Bertz CT molecular complexity index is 392. The smallest absolute Gasteiger partial charge is 0.241 e. The molecule has 0 aliphatic rings. The Kier molecular flexibility index (Phi) is 6.32. The van der Waals surface area contributed by atoms with E-state index in [1.165, 1.54) is 0 Å². The second-order valence-electron chi connectivity index (χ2n) is 4.41. The number of methoxy groups -OCH3 is 1. The minimum atomic E-state index is -0.197. The fourth-order valence-corrected chi connectivity index (χ4v) is 1.81. The van der Waals surface area contributed by atoms with Gasteiger partial charge in [-0.3, -0.25) is 9.69 Å². The molecule has 0 radical (unpaired) electrons. The van der Waals surface area contributed by atoms with Gasteiger partial charge in [0.05, 0.1) is 12.6 Å². The zero-order valence-electron chi connectivity index (χ0n) is 11.8. The van der Waals surface area contributed by atoms with E-state index in [-0.39, 0.29) is 11.9 Å². The van der Waals surface area contributed by atoms with Gasteiger partial charge >= 0.3 is 0 Å². The van der Waals surface area contributed by atoms with Gasteiger partial charge in [0, 0.05) is 25.0 Å². The Morgan fingerprint density at radius 1 is 1.42 bits per heavy atom. The van der Waals surface area contributed by atoms with Gasteiger partial charge in [-0.25, -0.2) is 0 Å². The van der Waals surface area contributed by atoms with Crippen LogP contribution >= 0.6 is 0 Å². The predicted octanol–water partition coefficient (Wildman–Crippen LogP) is 1.56. The molecule has 0 spiro atoms. The number of nitrogens with one attached hydrogen (secondary N) is 1. The number of anilines is 2. The minimum Gasteiger partial charge on any atom is -0.399 e. The van der Waals surface area contributed by atoms with E-state index in [0.29, 0.717) is 12.3 Å². The first-order valence-corrected chi connectivity index (χ1v) is 6.47. The highest BCUT2D eigenvalue weighted by Crippen LogP contribution is 2.11. The lowest BCUT2D eigenvalue weighted by Gasteiger charge is -2.26. The zero-order valence-corrected chi connectivity index (χ0v) is 11.8. The van der Waals surface area contributed by atoms with E-state index >= 15 is 0 Å². The summed E-state index contributed by atoms with van der Waals surface area (Å²) in [5.41, 5.74) is 7.05. The van der Waals surface area contributed by atoms with Crippen LogP contribution < -0.4 is 11.1 Å². The number of likely N-dealkylation sites (N-methyl/N-ethyl adjacent to an activating group) is 1. The average molecular weight is 265 g/mol. The maximum Gasteiger partial charge on any atom is 0.241 e. The first kappa shape index (κ1) is 15.5. The number of ether oxygens (including phenoxy) is 1. The van der Waals surface area contributed by atoms with Gasteiger partial charge in [0.2, 0.25) is 5.91 Å². The van der Waals surface area contributed by atoms with E-state index in [4.69, 9.17) is 10.5 Å². The van der Waals surface area contributed by atoms with E-state index in [1.807, 2.05) is 13.8 Å². The second kappa shape index (κ2) is 7.76. The average Bonchev–Trinajstić information content (AvgIpc) is 2.42. The van der Waals surface area contributed by atoms with Crippen LogP contribution in [0.25, 0.3) is 0 Å². The van der Waals surface area contributed by atoms with Crippen molar-refractivity contribution in [3.8, 4) is 0 Å². The molecule has 1 rings (SSSR count). The van der Waals surface area contributed by atoms with Crippen molar-refractivity contribution in [2.45, 2.75) is 19.9 Å². The quantitative estimate of drug-likeness (QED) is 0.734. The SMILES string of the molecule is CCN(CCOC)C(C)C(=O)Nc1ccc(N)cc1. The van der Waals surface area contributed by atoms with Crippen LogP contribution in [0.1, 0.15) is 13.8 Å². The summed E-state index contributed by atoms with van der Waals surface area (Å²) in [5.74, 6) is -0.0253. The van der Waals surface area contributed by atoms with Crippen LogP contribution in [0.2, 0.25) is 0 Å². The molecule has 1 aromatic rings. The molecular formula is C14H23N3O2. The van der Waals surface area contributed by atoms with Crippen LogP contribution in [-0.2, 0) is 9.53 Å². The van der Waals surface area contributed by atoms with Crippen molar-refractivity contribution in [1.29, 1.82) is 0 Å². The minimum absolute atomic E-state index is 0.0253. The number of amides is 1. The fraction of sp³-hybridized carbons (Fsp3) is 0.500. The molecule has 1 amide bonds. The molecule has 0 aliphatic carbocycles. The summed E-state index contributed by atoms with van der Waals surface area (Å²) >= 11 is 0. The van der Waals surface area contributed by atoms with Gasteiger partial charge in [-0.1, -0.05) is 6.92 Å². The van der Waals surface area contributed by atoms with Crippen molar-refractivity contribution in [3.63, 3.8) is 0 Å². The third kappa shape index (κ3) is 4.89. The predicted molar refractivity (Wildman–Crippen MR) is 78.1 cm³/mol. The summed E-state index contributed by atoms with van der Waals surface area (Å²) in [7, 11) is 1.66. The molecule has 0 aromatic heterocycles. The van der Waals surface area contributed by atoms with Crippen molar-refractivity contribution >= 4 is 17.3 Å². The first-order chi connectivity index (χ1) is 9.08. The Hall–Kier alpha value is -1.59. The molecule has 0 saturated heterocycles. The Morgan fingerprint density at radius 2 is 2.05 bits per heavy atom. The van der Waals surface area contributed by atoms with Gasteiger partial charge in [-0.05, 0) is 37.7 Å². The van der Waals surface area contributed by atoms with Gasteiger partial charge < -0.3 is 15.8 Å². The van der Waals surface area contributed by atoms with Crippen molar-refractivity contribution in [2.24, 2.45) is 0 Å². The molecule has 1 aromatic carbocycles. The molecule has 3 N–H and O–H groups in total. The van der Waals surface area contributed by atoms with Gasteiger partial charge in [-0.15, -0.1) is 0 Å². The second-order valence-corrected chi connectivity index (χ2v) is 4.41. The molecule has 5 heteroatoms. The molecule has 0 saturated carbocycles. The topological polar surface area (TPSA) is 67.6 Å². The van der Waals surface area contributed by atoms with Crippen LogP contribution in [0.3, 0.4) is 0 Å². The zero-order chi connectivity index (χ0) is 14.3. The van der Waals surface area contributed by atoms with Gasteiger partial charge in [0.1, 0.15) is 0 Å². The third-order valence-electron chi connectivity index (χ3n) is 3.09. The summed E-state index contributed by atoms with van der Waals surface area (Å²) in [6.07, 6.45) is 0. The van der Waals surface area contributed by atoms with Gasteiger partial charge in [-0.2, -0.15) is 0 Å². The van der Waals surface area contributed by atoms with Gasteiger partial charge in [0.15, 0.2) is 0 Å². The van der Waals surface area contributed by atoms with E-state index in [2.05, 4.69) is 10.2 Å². The summed E-state index contributed by atoms with van der Waals surface area (Å²) in [4.78, 5) is 14.2. The number of hydrogen-bond donors (Lipinski definition) is 2. The number of nitrogens with two attached hydrogens (primary N) is 1. The Morgan fingerprint density at radius 3 is 2.58 bits per heavy atom. The summed E-state index contributed by atoms with van der Waals surface area (Å²) in [6.45, 7) is 6.09. The van der Waals surface area contributed by atoms with Crippen LogP contribution in [0.5, 0.6) is 0 Å². The van der Waals surface area contributed by atoms with Crippen molar-refractivity contribution < 1.29 is 9.53 Å². The lowest BCUT2D eigenvalue weighted by atomic mass is 10.2. The van der Waals surface area contributed by atoms with Crippen LogP contribution in [0.15, 0.2) is 24.3 Å². The summed E-state index contributed by atoms with van der Waals surface area (Å²) in [5, 5.41) is 2.88. The molecular weight excluding hydrogens is 242 g/mol. The maximum absolute atomic E-state index is 12.1. The summed E-state index contributed by atoms with van der Waals surface area (Å²) < 4.78 is 5.05. The van der Waals surface area contributed by atoms with E-state index in [9.17, 15) is 4.79 Å². The number of nitrogens with zero attached hydrogens (tertiary/aromatic N) is 1. The number of hydrogen-bond acceptors (Lipinski definition) is 4.